The highest BCUT2D eigenvalue weighted by atomic mass is 79.9. The van der Waals surface area contributed by atoms with Gasteiger partial charge in [0.15, 0.2) is 0 Å². The van der Waals surface area contributed by atoms with Crippen LogP contribution in [0.5, 0.6) is 0 Å². The minimum atomic E-state index is -0.330. The first-order valence-corrected chi connectivity index (χ1v) is 10.5. The predicted octanol–water partition coefficient (Wildman–Crippen LogP) is 4.94. The van der Waals surface area contributed by atoms with Crippen LogP contribution in [0.4, 0.5) is 5.69 Å². The summed E-state index contributed by atoms with van der Waals surface area (Å²) in [6.45, 7) is 2.15. The Hall–Kier alpha value is -2.96. The Balaban J connectivity index is 1.94. The summed E-state index contributed by atoms with van der Waals surface area (Å²) < 4.78 is 5.93. The number of rotatable bonds is 8. The van der Waals surface area contributed by atoms with E-state index in [1.165, 1.54) is 0 Å². The average molecular weight is 467 g/mol. The first-order chi connectivity index (χ1) is 14.6. The van der Waals surface area contributed by atoms with E-state index >= 15 is 0 Å². The van der Waals surface area contributed by atoms with Gasteiger partial charge < -0.3 is 10.1 Å². The molecule has 0 aromatic heterocycles. The van der Waals surface area contributed by atoms with Gasteiger partial charge in [0.05, 0.1) is 19.2 Å². The number of nitrogens with one attached hydrogen (secondary N) is 2. The first-order valence-electron chi connectivity index (χ1n) is 9.68. The van der Waals surface area contributed by atoms with Gasteiger partial charge in [-0.1, -0.05) is 64.5 Å². The van der Waals surface area contributed by atoms with Crippen LogP contribution in [0.25, 0.3) is 0 Å². The van der Waals surface area contributed by atoms with Crippen LogP contribution in [0.15, 0.2) is 83.3 Å². The maximum absolute atomic E-state index is 12.7. The van der Waals surface area contributed by atoms with Crippen molar-refractivity contribution in [3.8, 4) is 0 Å². The van der Waals surface area contributed by atoms with Crippen molar-refractivity contribution >= 4 is 33.5 Å². The van der Waals surface area contributed by atoms with Crippen molar-refractivity contribution in [1.29, 1.82) is 0 Å². The molecular formula is C24H23BrN2O3. The highest BCUT2D eigenvalue weighted by Crippen LogP contribution is 2.31. The van der Waals surface area contributed by atoms with E-state index in [1.54, 1.807) is 19.1 Å². The molecule has 3 aromatic rings. The summed E-state index contributed by atoms with van der Waals surface area (Å²) >= 11 is 3.52. The van der Waals surface area contributed by atoms with E-state index in [9.17, 15) is 9.59 Å². The van der Waals surface area contributed by atoms with Crippen LogP contribution in [0.2, 0.25) is 0 Å². The molecule has 154 valence electrons. The lowest BCUT2D eigenvalue weighted by atomic mass is 9.96. The molecule has 0 aliphatic rings. The van der Waals surface area contributed by atoms with Crippen LogP contribution >= 0.6 is 15.9 Å². The molecule has 30 heavy (non-hydrogen) atoms. The average Bonchev–Trinajstić information content (AvgIpc) is 2.77. The molecule has 2 N–H and O–H groups in total. The predicted molar refractivity (Wildman–Crippen MR) is 121 cm³/mol. The summed E-state index contributed by atoms with van der Waals surface area (Å²) in [7, 11) is 0. The second-order valence-electron chi connectivity index (χ2n) is 6.58. The van der Waals surface area contributed by atoms with Gasteiger partial charge in [-0.3, -0.25) is 14.9 Å². The number of esters is 1. The molecule has 0 spiro atoms. The molecule has 6 heteroatoms. The van der Waals surface area contributed by atoms with Crippen LogP contribution in [0.1, 0.15) is 34.5 Å². The smallest absolute Gasteiger partial charge is 0.319 e. The van der Waals surface area contributed by atoms with E-state index in [0.717, 1.165) is 15.6 Å². The van der Waals surface area contributed by atoms with Crippen molar-refractivity contribution in [3.63, 3.8) is 0 Å². The van der Waals surface area contributed by atoms with Gasteiger partial charge in [-0.15, -0.1) is 0 Å². The monoisotopic (exact) mass is 466 g/mol. The normalized spacial score (nSPS) is 11.5. The van der Waals surface area contributed by atoms with Crippen LogP contribution in [-0.4, -0.2) is 25.0 Å². The molecule has 0 bridgehead atoms. The number of hydrogen-bond donors (Lipinski definition) is 2. The number of halogens is 1. The van der Waals surface area contributed by atoms with Crippen molar-refractivity contribution in [2.24, 2.45) is 0 Å². The fourth-order valence-electron chi connectivity index (χ4n) is 3.12. The number of carbonyl (C=O) groups is 2. The zero-order valence-corrected chi connectivity index (χ0v) is 18.2. The zero-order valence-electron chi connectivity index (χ0n) is 16.6. The summed E-state index contributed by atoms with van der Waals surface area (Å²) in [6, 6.07) is 24.2. The third-order valence-electron chi connectivity index (χ3n) is 4.50. The van der Waals surface area contributed by atoms with Gasteiger partial charge in [0.2, 0.25) is 0 Å². The largest absolute Gasteiger partial charge is 0.465 e. The van der Waals surface area contributed by atoms with Gasteiger partial charge in [-0.05, 0) is 48.4 Å². The van der Waals surface area contributed by atoms with E-state index in [-0.39, 0.29) is 24.5 Å². The highest BCUT2D eigenvalue weighted by Gasteiger charge is 2.20. The highest BCUT2D eigenvalue weighted by molar-refractivity contribution is 9.10. The summed E-state index contributed by atoms with van der Waals surface area (Å²) in [4.78, 5) is 24.7. The lowest BCUT2D eigenvalue weighted by Crippen LogP contribution is -2.30. The van der Waals surface area contributed by atoms with Gasteiger partial charge >= 0.3 is 5.97 Å². The molecular weight excluding hydrogens is 444 g/mol. The molecule has 0 aliphatic carbocycles. The molecule has 0 radical (unpaired) electrons. The Morgan fingerprint density at radius 3 is 2.30 bits per heavy atom. The van der Waals surface area contributed by atoms with E-state index in [4.69, 9.17) is 4.74 Å². The summed E-state index contributed by atoms with van der Waals surface area (Å²) in [5.74, 6) is -0.528. The second-order valence-corrected chi connectivity index (χ2v) is 7.50. The number of carbonyl (C=O) groups excluding carboxylic acids is 2. The standard InChI is InChI=1S/C24H23BrN2O3/c1-2-30-22(28)16-26-23(17-9-5-3-6-10-17)20-15-19(25)13-14-21(20)27-24(29)18-11-7-4-8-12-18/h3-15,23,26H,2,16H2,1H3,(H,27,29)/t23-/m1/s1. The fourth-order valence-corrected chi connectivity index (χ4v) is 3.50. The minimum absolute atomic E-state index is 0.0476. The Kier molecular flexibility index (Phi) is 7.76. The minimum Gasteiger partial charge on any atom is -0.465 e. The molecule has 0 unspecified atom stereocenters. The Morgan fingerprint density at radius 2 is 1.63 bits per heavy atom. The van der Waals surface area contributed by atoms with Gasteiger partial charge in [0.1, 0.15) is 0 Å². The molecule has 1 atom stereocenters. The van der Waals surface area contributed by atoms with Crippen molar-refractivity contribution in [1.82, 2.24) is 5.32 Å². The number of hydrogen-bond acceptors (Lipinski definition) is 4. The zero-order chi connectivity index (χ0) is 21.3. The van der Waals surface area contributed by atoms with Crippen molar-refractivity contribution in [3.05, 3.63) is 100 Å². The Labute approximate surface area is 184 Å². The number of anilines is 1. The number of amides is 1. The molecule has 5 nitrogen and oxygen atoms in total. The molecule has 0 saturated heterocycles. The Morgan fingerprint density at radius 1 is 0.967 bits per heavy atom. The van der Waals surface area contributed by atoms with Gasteiger partial charge in [0.25, 0.3) is 5.91 Å². The quantitative estimate of drug-likeness (QED) is 0.461. The van der Waals surface area contributed by atoms with Crippen molar-refractivity contribution < 1.29 is 14.3 Å². The van der Waals surface area contributed by atoms with Crippen LogP contribution in [-0.2, 0) is 9.53 Å². The first kappa shape index (κ1) is 21.7. The maximum atomic E-state index is 12.7. The lowest BCUT2D eigenvalue weighted by Gasteiger charge is -2.23. The van der Waals surface area contributed by atoms with Gasteiger partial charge in [-0.25, -0.2) is 0 Å². The van der Waals surface area contributed by atoms with Crippen LogP contribution in [0, 0.1) is 0 Å². The topological polar surface area (TPSA) is 67.4 Å². The van der Waals surface area contributed by atoms with Gasteiger partial charge in [0, 0.05) is 15.7 Å². The van der Waals surface area contributed by atoms with Crippen molar-refractivity contribution in [2.75, 3.05) is 18.5 Å². The molecule has 0 fully saturated rings. The van der Waals surface area contributed by atoms with Gasteiger partial charge in [-0.2, -0.15) is 0 Å². The second kappa shape index (κ2) is 10.7. The summed E-state index contributed by atoms with van der Waals surface area (Å²) in [5, 5.41) is 6.27. The van der Waals surface area contributed by atoms with E-state index in [2.05, 4.69) is 26.6 Å². The third-order valence-corrected chi connectivity index (χ3v) is 4.99. The van der Waals surface area contributed by atoms with E-state index in [0.29, 0.717) is 17.9 Å². The SMILES string of the molecule is CCOC(=O)CN[C@H](c1ccccc1)c1cc(Br)ccc1NC(=O)c1ccccc1. The van der Waals surface area contributed by atoms with E-state index < -0.39 is 0 Å². The van der Waals surface area contributed by atoms with E-state index in [1.807, 2.05) is 66.7 Å². The van der Waals surface area contributed by atoms with Crippen LogP contribution < -0.4 is 10.6 Å². The molecule has 0 saturated carbocycles. The van der Waals surface area contributed by atoms with Crippen LogP contribution in [0.3, 0.4) is 0 Å². The lowest BCUT2D eigenvalue weighted by molar-refractivity contribution is -0.142. The molecule has 1 amide bonds. The number of benzene rings is 3. The fraction of sp³-hybridized carbons (Fsp3) is 0.167. The summed E-state index contributed by atoms with van der Waals surface area (Å²) in [5.41, 5.74) is 3.04. The number of ether oxygens (including phenoxy) is 1. The molecule has 0 heterocycles. The maximum Gasteiger partial charge on any atom is 0.319 e. The third kappa shape index (κ3) is 5.78. The Bertz CT molecular complexity index is 994. The molecule has 3 aromatic carbocycles. The summed E-state index contributed by atoms with van der Waals surface area (Å²) in [6.07, 6.45) is 0. The molecule has 0 aliphatic heterocycles. The molecule has 3 rings (SSSR count). The van der Waals surface area contributed by atoms with Crippen molar-refractivity contribution in [2.45, 2.75) is 13.0 Å².